The van der Waals surface area contributed by atoms with Crippen LogP contribution in [0.2, 0.25) is 0 Å². The fourth-order valence-electron chi connectivity index (χ4n) is 3.22. The highest BCUT2D eigenvalue weighted by atomic mass is 32.1. The first-order chi connectivity index (χ1) is 15.7. The Morgan fingerprint density at radius 3 is 2.27 bits per heavy atom. The molecule has 2 amide bonds. The number of hydrogen-bond acceptors (Lipinski definition) is 7. The van der Waals surface area contributed by atoms with Crippen LogP contribution >= 0.6 is 11.3 Å². The molecule has 4 rings (SSSR count). The molecule has 0 saturated heterocycles. The van der Waals surface area contributed by atoms with E-state index in [4.69, 9.17) is 11.5 Å². The summed E-state index contributed by atoms with van der Waals surface area (Å²) in [6, 6.07) is 11.2. The zero-order valence-corrected chi connectivity index (χ0v) is 18.6. The summed E-state index contributed by atoms with van der Waals surface area (Å²) in [5.41, 5.74) is 12.8. The number of anilines is 3. The monoisotopic (exact) mass is 467 g/mol. The average molecular weight is 468 g/mol. The standard InChI is InChI=1S/C23H22FN5O3S/c1-12(21(26)31)29(17-10-6-15(24)7-11-17)23-28-20(25)19(33-23)18(30)13-2-4-14(5-3-13)22(32)27-16-8-9-16/h2-7,10-12,16H,8-9,25H2,1H3,(H2,26,31)(H,27,32)/t12-/m1/s1. The maximum atomic E-state index is 13.4. The SMILES string of the molecule is C[C@H](C(N)=O)N(c1ccc(F)cc1)c1nc(N)c(C(=O)c2ccc(C(=O)NC3CC3)cc2)s1. The molecule has 0 radical (unpaired) electrons. The summed E-state index contributed by atoms with van der Waals surface area (Å²) in [4.78, 5) is 43.1. The van der Waals surface area contributed by atoms with Gasteiger partial charge in [-0.15, -0.1) is 0 Å². The van der Waals surface area contributed by atoms with Crippen LogP contribution in [0.15, 0.2) is 48.5 Å². The molecule has 5 N–H and O–H groups in total. The van der Waals surface area contributed by atoms with Gasteiger partial charge in [0.2, 0.25) is 11.7 Å². The van der Waals surface area contributed by atoms with Crippen molar-refractivity contribution in [2.45, 2.75) is 31.8 Å². The molecule has 3 aromatic rings. The fourth-order valence-corrected chi connectivity index (χ4v) is 4.26. The molecule has 0 bridgehead atoms. The lowest BCUT2D eigenvalue weighted by atomic mass is 10.1. The summed E-state index contributed by atoms with van der Waals surface area (Å²) in [5, 5.41) is 3.17. The third-order valence-electron chi connectivity index (χ3n) is 5.28. The first-order valence-corrected chi connectivity index (χ1v) is 11.1. The molecule has 0 unspecified atom stereocenters. The van der Waals surface area contributed by atoms with Gasteiger partial charge in [-0.1, -0.05) is 23.5 Å². The smallest absolute Gasteiger partial charge is 0.251 e. The number of nitrogen functional groups attached to an aromatic ring is 1. The lowest BCUT2D eigenvalue weighted by molar-refractivity contribution is -0.118. The molecule has 33 heavy (non-hydrogen) atoms. The fraction of sp³-hybridized carbons (Fsp3) is 0.217. The van der Waals surface area contributed by atoms with E-state index in [0.717, 1.165) is 24.2 Å². The Morgan fingerprint density at radius 1 is 1.09 bits per heavy atom. The van der Waals surface area contributed by atoms with Crippen LogP contribution in [0.4, 0.5) is 21.0 Å². The second kappa shape index (κ2) is 8.99. The molecular weight excluding hydrogens is 445 g/mol. The lowest BCUT2D eigenvalue weighted by Gasteiger charge is -2.26. The molecule has 1 saturated carbocycles. The minimum absolute atomic E-state index is 0.000616. The Morgan fingerprint density at radius 2 is 1.70 bits per heavy atom. The number of benzene rings is 2. The van der Waals surface area contributed by atoms with Crippen LogP contribution in [-0.4, -0.2) is 34.7 Å². The maximum Gasteiger partial charge on any atom is 0.251 e. The summed E-state index contributed by atoms with van der Waals surface area (Å²) in [6.45, 7) is 1.58. The number of primary amides is 1. The van der Waals surface area contributed by atoms with Crippen LogP contribution in [-0.2, 0) is 4.79 Å². The van der Waals surface area contributed by atoms with Crippen molar-refractivity contribution in [3.8, 4) is 0 Å². The number of nitrogens with zero attached hydrogens (tertiary/aromatic N) is 2. The third-order valence-corrected chi connectivity index (χ3v) is 6.35. The van der Waals surface area contributed by atoms with Crippen LogP contribution in [0.3, 0.4) is 0 Å². The highest BCUT2D eigenvalue weighted by molar-refractivity contribution is 7.18. The molecule has 1 aliphatic carbocycles. The van der Waals surface area contributed by atoms with E-state index >= 15 is 0 Å². The largest absolute Gasteiger partial charge is 0.382 e. The number of amides is 2. The Balaban J connectivity index is 1.61. The molecule has 1 aliphatic rings. The molecule has 1 atom stereocenters. The van der Waals surface area contributed by atoms with Crippen molar-refractivity contribution in [1.29, 1.82) is 0 Å². The zero-order chi connectivity index (χ0) is 23.7. The Labute approximate surface area is 193 Å². The van der Waals surface area contributed by atoms with Gasteiger partial charge in [-0.25, -0.2) is 9.37 Å². The third kappa shape index (κ3) is 4.85. The van der Waals surface area contributed by atoms with E-state index in [1.54, 1.807) is 31.2 Å². The first kappa shape index (κ1) is 22.4. The second-order valence-electron chi connectivity index (χ2n) is 7.79. The Kier molecular flexibility index (Phi) is 6.10. The normalized spacial score (nSPS) is 13.9. The first-order valence-electron chi connectivity index (χ1n) is 10.3. The number of nitrogens with one attached hydrogen (secondary N) is 1. The van der Waals surface area contributed by atoms with Crippen molar-refractivity contribution in [1.82, 2.24) is 10.3 Å². The summed E-state index contributed by atoms with van der Waals surface area (Å²) in [6.07, 6.45) is 1.97. The molecule has 0 aliphatic heterocycles. The van der Waals surface area contributed by atoms with Gasteiger partial charge in [-0.3, -0.25) is 14.4 Å². The van der Waals surface area contributed by atoms with Gasteiger partial charge < -0.3 is 21.7 Å². The minimum Gasteiger partial charge on any atom is -0.382 e. The molecule has 10 heteroatoms. The van der Waals surface area contributed by atoms with Gasteiger partial charge in [0, 0.05) is 22.9 Å². The second-order valence-corrected chi connectivity index (χ2v) is 8.77. The van der Waals surface area contributed by atoms with Crippen molar-refractivity contribution in [3.63, 3.8) is 0 Å². The minimum atomic E-state index is -0.826. The molecule has 1 heterocycles. The van der Waals surface area contributed by atoms with Gasteiger partial charge in [0.1, 0.15) is 22.6 Å². The van der Waals surface area contributed by atoms with Crippen molar-refractivity contribution in [2.75, 3.05) is 10.6 Å². The number of thiazole rings is 1. The molecular formula is C23H22FN5O3S. The topological polar surface area (TPSA) is 131 Å². The number of aromatic nitrogens is 1. The molecule has 170 valence electrons. The molecule has 1 fully saturated rings. The quantitative estimate of drug-likeness (QED) is 0.437. The number of carbonyl (C=O) groups is 3. The van der Waals surface area contributed by atoms with E-state index in [9.17, 15) is 18.8 Å². The number of halogens is 1. The highest BCUT2D eigenvalue weighted by Gasteiger charge is 2.28. The van der Waals surface area contributed by atoms with E-state index in [2.05, 4.69) is 10.3 Å². The van der Waals surface area contributed by atoms with Crippen molar-refractivity contribution < 1.29 is 18.8 Å². The van der Waals surface area contributed by atoms with Gasteiger partial charge in [-0.2, -0.15) is 0 Å². The van der Waals surface area contributed by atoms with Gasteiger partial charge in [0.05, 0.1) is 0 Å². The van der Waals surface area contributed by atoms with Gasteiger partial charge in [0.25, 0.3) is 5.91 Å². The summed E-state index contributed by atoms with van der Waals surface area (Å²) in [5.74, 6) is -1.60. The van der Waals surface area contributed by atoms with Crippen LogP contribution in [0.25, 0.3) is 0 Å². The molecule has 8 nitrogen and oxygen atoms in total. The van der Waals surface area contributed by atoms with Gasteiger partial charge in [0.15, 0.2) is 5.13 Å². The van der Waals surface area contributed by atoms with Crippen molar-refractivity contribution >= 4 is 45.6 Å². The number of hydrogen-bond donors (Lipinski definition) is 3. The summed E-state index contributed by atoms with van der Waals surface area (Å²) in [7, 11) is 0. The van der Waals surface area contributed by atoms with Crippen molar-refractivity contribution in [2.24, 2.45) is 5.73 Å². The van der Waals surface area contributed by atoms with Gasteiger partial charge in [-0.05, 0) is 56.2 Å². The Hall–Kier alpha value is -3.79. The maximum absolute atomic E-state index is 13.4. The number of rotatable bonds is 8. The zero-order valence-electron chi connectivity index (χ0n) is 17.7. The van der Waals surface area contributed by atoms with E-state index < -0.39 is 17.8 Å². The van der Waals surface area contributed by atoms with E-state index in [0.29, 0.717) is 16.8 Å². The van der Waals surface area contributed by atoms with Crippen LogP contribution in [0, 0.1) is 5.82 Å². The van der Waals surface area contributed by atoms with Crippen molar-refractivity contribution in [3.05, 3.63) is 70.4 Å². The molecule has 1 aromatic heterocycles. The van der Waals surface area contributed by atoms with Gasteiger partial charge >= 0.3 is 0 Å². The van der Waals surface area contributed by atoms with E-state index in [1.165, 1.54) is 29.2 Å². The van der Waals surface area contributed by atoms with E-state index in [1.807, 2.05) is 0 Å². The van der Waals surface area contributed by atoms with Crippen LogP contribution in [0.5, 0.6) is 0 Å². The number of ketones is 1. The number of nitrogens with two attached hydrogens (primary N) is 2. The van der Waals surface area contributed by atoms with E-state index in [-0.39, 0.29) is 33.6 Å². The summed E-state index contributed by atoms with van der Waals surface area (Å²) < 4.78 is 13.4. The average Bonchev–Trinajstić information content (AvgIpc) is 3.54. The van der Waals surface area contributed by atoms with Crippen LogP contribution in [0.1, 0.15) is 45.4 Å². The predicted octanol–water partition coefficient (Wildman–Crippen LogP) is 3.00. The highest BCUT2D eigenvalue weighted by Crippen LogP contribution is 2.36. The predicted molar refractivity (Wildman–Crippen MR) is 124 cm³/mol. The number of carbonyl (C=O) groups excluding carboxylic acids is 3. The molecule has 2 aromatic carbocycles. The van der Waals surface area contributed by atoms with Crippen LogP contribution < -0.4 is 21.7 Å². The lowest BCUT2D eigenvalue weighted by Crippen LogP contribution is -2.39. The summed E-state index contributed by atoms with van der Waals surface area (Å²) >= 11 is 1.00. The Bertz CT molecular complexity index is 1210. The molecule has 0 spiro atoms.